The van der Waals surface area contributed by atoms with Gasteiger partial charge in [0.1, 0.15) is 10.6 Å². The van der Waals surface area contributed by atoms with E-state index >= 15 is 0 Å². The smallest absolute Gasteiger partial charge is 0.350 e. The lowest BCUT2D eigenvalue weighted by molar-refractivity contribution is -0.123. The normalized spacial score (nSPS) is 11.6. The van der Waals surface area contributed by atoms with Gasteiger partial charge in [-0.2, -0.15) is 0 Å². The lowest BCUT2D eigenvalue weighted by atomic mass is 10.2. The first-order chi connectivity index (χ1) is 14.3. The maximum atomic E-state index is 12.6. The molecule has 0 radical (unpaired) electrons. The average molecular weight is 447 g/mol. The standard InChI is InChI=1S/C21H19ClN2O5S/c1-11(20(26)24-14-6-4-13(5-7-14)23-12(2)25)29-21(27)19-18(22)16-9-8-15(28-3)10-17(16)30-19/h4-11H,1-3H3,(H,23,25)(H,24,26). The Morgan fingerprint density at radius 1 is 1.03 bits per heavy atom. The van der Waals surface area contributed by atoms with E-state index in [4.69, 9.17) is 21.1 Å². The van der Waals surface area contributed by atoms with Crippen LogP contribution in [0.3, 0.4) is 0 Å². The van der Waals surface area contributed by atoms with Gasteiger partial charge in [0.2, 0.25) is 5.91 Å². The van der Waals surface area contributed by atoms with Gasteiger partial charge in [0, 0.05) is 28.4 Å². The zero-order chi connectivity index (χ0) is 21.8. The molecule has 9 heteroatoms. The van der Waals surface area contributed by atoms with Crippen LogP contribution in [-0.2, 0) is 14.3 Å². The number of carbonyl (C=O) groups is 3. The summed E-state index contributed by atoms with van der Waals surface area (Å²) in [7, 11) is 1.55. The van der Waals surface area contributed by atoms with Crippen LogP contribution in [0.5, 0.6) is 5.75 Å². The molecule has 1 heterocycles. The predicted molar refractivity (Wildman–Crippen MR) is 118 cm³/mol. The van der Waals surface area contributed by atoms with Crippen molar-refractivity contribution in [1.82, 2.24) is 0 Å². The van der Waals surface area contributed by atoms with Crippen LogP contribution in [0.25, 0.3) is 10.1 Å². The SMILES string of the molecule is COc1ccc2c(Cl)c(C(=O)OC(C)C(=O)Nc3ccc(NC(C)=O)cc3)sc2c1. The number of fused-ring (bicyclic) bond motifs is 1. The Morgan fingerprint density at radius 2 is 1.67 bits per heavy atom. The topological polar surface area (TPSA) is 93.7 Å². The molecule has 2 amide bonds. The van der Waals surface area contributed by atoms with E-state index in [9.17, 15) is 14.4 Å². The third kappa shape index (κ3) is 4.90. The summed E-state index contributed by atoms with van der Waals surface area (Å²) in [6.07, 6.45) is -1.04. The first kappa shape index (κ1) is 21.6. The molecule has 0 saturated carbocycles. The molecule has 0 fully saturated rings. The van der Waals surface area contributed by atoms with Gasteiger partial charge in [-0.3, -0.25) is 9.59 Å². The summed E-state index contributed by atoms with van der Waals surface area (Å²) in [4.78, 5) is 36.2. The Hall–Kier alpha value is -3.10. The summed E-state index contributed by atoms with van der Waals surface area (Å²) >= 11 is 7.50. The van der Waals surface area contributed by atoms with Crippen LogP contribution in [0.2, 0.25) is 5.02 Å². The molecule has 3 rings (SSSR count). The molecule has 1 atom stereocenters. The monoisotopic (exact) mass is 446 g/mol. The second-order valence-electron chi connectivity index (χ2n) is 6.40. The van der Waals surface area contributed by atoms with Crippen molar-refractivity contribution < 1.29 is 23.9 Å². The van der Waals surface area contributed by atoms with Crippen molar-refractivity contribution in [2.45, 2.75) is 20.0 Å². The summed E-state index contributed by atoms with van der Waals surface area (Å²) in [6.45, 7) is 2.88. The van der Waals surface area contributed by atoms with Gasteiger partial charge in [-0.25, -0.2) is 4.79 Å². The molecule has 30 heavy (non-hydrogen) atoms. The molecule has 0 aliphatic rings. The van der Waals surface area contributed by atoms with Gasteiger partial charge in [0.05, 0.1) is 12.1 Å². The fourth-order valence-electron chi connectivity index (χ4n) is 2.66. The minimum absolute atomic E-state index is 0.189. The van der Waals surface area contributed by atoms with Crippen LogP contribution in [0, 0.1) is 0 Å². The van der Waals surface area contributed by atoms with Gasteiger partial charge in [-0.15, -0.1) is 11.3 Å². The summed E-state index contributed by atoms with van der Waals surface area (Å²) in [5, 5.41) is 6.29. The number of amides is 2. The van der Waals surface area contributed by atoms with E-state index in [0.717, 1.165) is 4.70 Å². The maximum Gasteiger partial charge on any atom is 0.350 e. The number of ether oxygens (including phenoxy) is 2. The van der Waals surface area contributed by atoms with Crippen LogP contribution in [0.15, 0.2) is 42.5 Å². The molecule has 2 aromatic carbocycles. The van der Waals surface area contributed by atoms with Crippen molar-refractivity contribution in [2.24, 2.45) is 0 Å². The van der Waals surface area contributed by atoms with Crippen molar-refractivity contribution in [1.29, 1.82) is 0 Å². The fourth-order valence-corrected chi connectivity index (χ4v) is 4.08. The van der Waals surface area contributed by atoms with Crippen LogP contribution >= 0.6 is 22.9 Å². The number of hydrogen-bond donors (Lipinski definition) is 2. The zero-order valence-electron chi connectivity index (χ0n) is 16.4. The van der Waals surface area contributed by atoms with Crippen molar-refractivity contribution in [3.05, 3.63) is 52.4 Å². The van der Waals surface area contributed by atoms with Gasteiger partial charge >= 0.3 is 5.97 Å². The van der Waals surface area contributed by atoms with Gasteiger partial charge in [-0.1, -0.05) is 11.6 Å². The van der Waals surface area contributed by atoms with E-state index in [1.165, 1.54) is 25.2 Å². The lowest BCUT2D eigenvalue weighted by Crippen LogP contribution is -2.29. The van der Waals surface area contributed by atoms with Crippen LogP contribution < -0.4 is 15.4 Å². The number of rotatable bonds is 6. The van der Waals surface area contributed by atoms with E-state index in [-0.39, 0.29) is 15.8 Å². The molecule has 2 N–H and O–H groups in total. The quantitative estimate of drug-likeness (QED) is 0.535. The first-order valence-corrected chi connectivity index (χ1v) is 10.1. The largest absolute Gasteiger partial charge is 0.497 e. The summed E-state index contributed by atoms with van der Waals surface area (Å²) < 4.78 is 11.3. The van der Waals surface area contributed by atoms with Crippen molar-refractivity contribution in [2.75, 3.05) is 17.7 Å². The lowest BCUT2D eigenvalue weighted by Gasteiger charge is -2.13. The molecule has 0 spiro atoms. The number of benzene rings is 2. The molecule has 1 aromatic heterocycles. The number of anilines is 2. The van der Waals surface area contributed by atoms with Gasteiger partial charge in [0.15, 0.2) is 6.10 Å². The minimum atomic E-state index is -1.04. The molecule has 7 nitrogen and oxygen atoms in total. The fraction of sp³-hybridized carbons (Fsp3) is 0.190. The Labute approximate surface area is 181 Å². The number of halogens is 1. The van der Waals surface area contributed by atoms with E-state index in [1.807, 2.05) is 0 Å². The predicted octanol–water partition coefficient (Wildman–Crippen LogP) is 4.71. The molecule has 0 saturated heterocycles. The third-order valence-electron chi connectivity index (χ3n) is 4.15. The Balaban J connectivity index is 1.66. The van der Waals surface area contributed by atoms with Crippen LogP contribution in [0.1, 0.15) is 23.5 Å². The molecule has 156 valence electrons. The molecular formula is C21H19ClN2O5S. The average Bonchev–Trinajstić information content (AvgIpc) is 3.05. The second kappa shape index (κ2) is 9.15. The number of thiophene rings is 1. The third-order valence-corrected chi connectivity index (χ3v) is 5.79. The summed E-state index contributed by atoms with van der Waals surface area (Å²) in [6, 6.07) is 11.9. The zero-order valence-corrected chi connectivity index (χ0v) is 18.0. The Morgan fingerprint density at radius 3 is 2.27 bits per heavy atom. The highest BCUT2D eigenvalue weighted by Crippen LogP contribution is 2.37. The highest BCUT2D eigenvalue weighted by atomic mass is 35.5. The summed E-state index contributed by atoms with van der Waals surface area (Å²) in [5.41, 5.74) is 1.11. The highest BCUT2D eigenvalue weighted by Gasteiger charge is 2.24. The van der Waals surface area contributed by atoms with E-state index in [2.05, 4.69) is 10.6 Å². The summed E-state index contributed by atoms with van der Waals surface area (Å²) in [5.74, 6) is -0.707. The first-order valence-electron chi connectivity index (χ1n) is 8.94. The van der Waals surface area contributed by atoms with Gasteiger partial charge in [0.25, 0.3) is 5.91 Å². The van der Waals surface area contributed by atoms with E-state index < -0.39 is 18.0 Å². The molecule has 0 aliphatic carbocycles. The molecule has 0 aliphatic heterocycles. The van der Waals surface area contributed by atoms with E-state index in [0.29, 0.717) is 22.5 Å². The number of nitrogens with one attached hydrogen (secondary N) is 2. The Kier molecular flexibility index (Phi) is 6.59. The van der Waals surface area contributed by atoms with Crippen molar-refractivity contribution >= 4 is 62.2 Å². The molecule has 0 bridgehead atoms. The molecule has 1 unspecified atom stereocenters. The van der Waals surface area contributed by atoms with Crippen LogP contribution in [0.4, 0.5) is 11.4 Å². The maximum absolute atomic E-state index is 12.6. The number of hydrogen-bond acceptors (Lipinski definition) is 6. The van der Waals surface area contributed by atoms with Crippen molar-refractivity contribution in [3.63, 3.8) is 0 Å². The van der Waals surface area contributed by atoms with Gasteiger partial charge < -0.3 is 20.1 Å². The highest BCUT2D eigenvalue weighted by molar-refractivity contribution is 7.21. The Bertz CT molecular complexity index is 1110. The number of carbonyl (C=O) groups excluding carboxylic acids is 3. The molecular weight excluding hydrogens is 428 g/mol. The van der Waals surface area contributed by atoms with E-state index in [1.54, 1.807) is 49.6 Å². The minimum Gasteiger partial charge on any atom is -0.497 e. The molecule has 3 aromatic rings. The van der Waals surface area contributed by atoms with Gasteiger partial charge in [-0.05, 0) is 49.4 Å². The van der Waals surface area contributed by atoms with Crippen LogP contribution in [-0.4, -0.2) is 31.0 Å². The number of esters is 1. The number of methoxy groups -OCH3 is 1. The van der Waals surface area contributed by atoms with Crippen molar-refractivity contribution in [3.8, 4) is 5.75 Å². The second-order valence-corrected chi connectivity index (χ2v) is 7.83.